The number of hydrogen-bond donors (Lipinski definition) is 2. The molecule has 1 rings (SSSR count). The van der Waals surface area contributed by atoms with Gasteiger partial charge in [0.05, 0.1) is 12.1 Å². The van der Waals surface area contributed by atoms with Crippen LogP contribution in [0.5, 0.6) is 0 Å². The fourth-order valence-corrected chi connectivity index (χ4v) is 1.49. The lowest BCUT2D eigenvalue weighted by atomic mass is 10.1. The fourth-order valence-electron chi connectivity index (χ4n) is 1.49. The van der Waals surface area contributed by atoms with Crippen LogP contribution in [-0.4, -0.2) is 47.4 Å². The maximum absolute atomic E-state index is 12.8. The van der Waals surface area contributed by atoms with E-state index in [0.29, 0.717) is 4.90 Å². The maximum atomic E-state index is 12.8. The predicted molar refractivity (Wildman–Crippen MR) is 43.1 cm³/mol. The Morgan fingerprint density at radius 1 is 1.79 bits per heavy atom. The van der Waals surface area contributed by atoms with Gasteiger partial charge in [0.25, 0.3) is 0 Å². The SMILES string of the molecule is CC1OC(F)(F)CN(C(=O)O)C1CN. The molecule has 1 aliphatic rings. The highest BCUT2D eigenvalue weighted by Crippen LogP contribution is 2.28. The van der Waals surface area contributed by atoms with Crippen molar-refractivity contribution in [3.63, 3.8) is 0 Å². The number of halogens is 2. The van der Waals surface area contributed by atoms with E-state index in [2.05, 4.69) is 4.74 Å². The van der Waals surface area contributed by atoms with E-state index in [9.17, 15) is 13.6 Å². The highest BCUT2D eigenvalue weighted by Gasteiger charge is 2.46. The number of nitrogens with zero attached hydrogens (tertiary/aromatic N) is 1. The summed E-state index contributed by atoms with van der Waals surface area (Å²) in [6, 6.07) is -0.716. The Bertz CT molecular complexity index is 237. The molecule has 0 aromatic rings. The summed E-state index contributed by atoms with van der Waals surface area (Å²) < 4.78 is 30.0. The van der Waals surface area contributed by atoms with Crippen LogP contribution in [0.3, 0.4) is 0 Å². The molecule has 0 bridgehead atoms. The molecule has 14 heavy (non-hydrogen) atoms. The molecule has 1 fully saturated rings. The Morgan fingerprint density at radius 2 is 2.36 bits per heavy atom. The van der Waals surface area contributed by atoms with Crippen molar-refractivity contribution in [1.29, 1.82) is 0 Å². The van der Waals surface area contributed by atoms with Crippen molar-refractivity contribution < 1.29 is 23.4 Å². The van der Waals surface area contributed by atoms with Gasteiger partial charge in [-0.25, -0.2) is 4.79 Å². The lowest BCUT2D eigenvalue weighted by Crippen LogP contribution is -2.60. The van der Waals surface area contributed by atoms with Gasteiger partial charge in [-0.3, -0.25) is 4.90 Å². The number of amides is 1. The zero-order valence-electron chi connectivity index (χ0n) is 7.61. The van der Waals surface area contributed by atoms with Gasteiger partial charge in [0.15, 0.2) is 0 Å². The average Bonchev–Trinajstić information content (AvgIpc) is 2.01. The van der Waals surface area contributed by atoms with E-state index in [-0.39, 0.29) is 6.54 Å². The van der Waals surface area contributed by atoms with Crippen molar-refractivity contribution in [2.24, 2.45) is 5.73 Å². The van der Waals surface area contributed by atoms with Crippen LogP contribution in [0.1, 0.15) is 6.92 Å². The van der Waals surface area contributed by atoms with Gasteiger partial charge in [-0.1, -0.05) is 0 Å². The molecule has 1 amide bonds. The van der Waals surface area contributed by atoms with Crippen LogP contribution in [0.4, 0.5) is 13.6 Å². The zero-order valence-corrected chi connectivity index (χ0v) is 7.61. The summed E-state index contributed by atoms with van der Waals surface area (Å²) in [5.41, 5.74) is 5.28. The van der Waals surface area contributed by atoms with Crippen LogP contribution in [0.25, 0.3) is 0 Å². The van der Waals surface area contributed by atoms with Gasteiger partial charge in [0, 0.05) is 6.54 Å². The lowest BCUT2D eigenvalue weighted by Gasteiger charge is -2.40. The number of carbonyl (C=O) groups is 1. The Morgan fingerprint density at radius 3 is 2.79 bits per heavy atom. The standard InChI is InChI=1S/C7H12F2N2O3/c1-4-5(2-10)11(6(12)13)3-7(8,9)14-4/h4-5H,2-3,10H2,1H3,(H,12,13). The summed E-state index contributed by atoms with van der Waals surface area (Å²) >= 11 is 0. The molecule has 0 saturated carbocycles. The van der Waals surface area contributed by atoms with Crippen molar-refractivity contribution in [3.05, 3.63) is 0 Å². The number of rotatable bonds is 1. The largest absolute Gasteiger partial charge is 0.465 e. The van der Waals surface area contributed by atoms with E-state index in [1.165, 1.54) is 6.92 Å². The zero-order chi connectivity index (χ0) is 10.9. The van der Waals surface area contributed by atoms with Crippen LogP contribution < -0.4 is 5.73 Å². The number of carboxylic acid groups (broad SMARTS) is 1. The summed E-state index contributed by atoms with van der Waals surface area (Å²) in [4.78, 5) is 11.3. The quantitative estimate of drug-likeness (QED) is 0.652. The van der Waals surface area contributed by atoms with Crippen molar-refractivity contribution in [2.45, 2.75) is 25.2 Å². The number of alkyl halides is 2. The third kappa shape index (κ3) is 2.10. The molecule has 0 aromatic heterocycles. The van der Waals surface area contributed by atoms with Gasteiger partial charge in [-0.15, -0.1) is 0 Å². The molecule has 0 aromatic carbocycles. The minimum absolute atomic E-state index is 0.0381. The Balaban J connectivity index is 2.83. The minimum Gasteiger partial charge on any atom is -0.465 e. The van der Waals surface area contributed by atoms with Gasteiger partial charge in [0.1, 0.15) is 6.54 Å². The second kappa shape index (κ2) is 3.66. The number of hydrogen-bond acceptors (Lipinski definition) is 3. The number of ether oxygens (including phenoxy) is 1. The molecular formula is C7H12F2N2O3. The lowest BCUT2D eigenvalue weighted by molar-refractivity contribution is -0.299. The van der Waals surface area contributed by atoms with Crippen molar-refractivity contribution in [1.82, 2.24) is 4.90 Å². The van der Waals surface area contributed by atoms with Gasteiger partial charge in [-0.2, -0.15) is 8.78 Å². The fraction of sp³-hybridized carbons (Fsp3) is 0.857. The molecule has 5 nitrogen and oxygen atoms in total. The Kier molecular flexibility index (Phi) is 2.91. The Labute approximate surface area is 79.4 Å². The molecule has 82 valence electrons. The van der Waals surface area contributed by atoms with E-state index in [1.54, 1.807) is 0 Å². The van der Waals surface area contributed by atoms with Gasteiger partial charge in [-0.05, 0) is 6.92 Å². The molecule has 1 heterocycles. The topological polar surface area (TPSA) is 75.8 Å². The first kappa shape index (κ1) is 11.1. The van der Waals surface area contributed by atoms with E-state index < -0.39 is 30.9 Å². The van der Waals surface area contributed by atoms with Crippen molar-refractivity contribution >= 4 is 6.09 Å². The van der Waals surface area contributed by atoms with Crippen LogP contribution in [0.15, 0.2) is 0 Å². The van der Waals surface area contributed by atoms with Crippen LogP contribution in [0, 0.1) is 0 Å². The first-order valence-electron chi connectivity index (χ1n) is 4.12. The molecule has 1 saturated heterocycles. The van der Waals surface area contributed by atoms with E-state index in [0.717, 1.165) is 0 Å². The van der Waals surface area contributed by atoms with Crippen LogP contribution in [0.2, 0.25) is 0 Å². The third-order valence-electron chi connectivity index (χ3n) is 2.14. The van der Waals surface area contributed by atoms with Crippen molar-refractivity contribution in [3.8, 4) is 0 Å². The predicted octanol–water partition coefficient (Wildman–Crippen LogP) is 0.305. The second-order valence-corrected chi connectivity index (χ2v) is 3.17. The molecule has 0 radical (unpaired) electrons. The summed E-state index contributed by atoms with van der Waals surface area (Å²) in [5.74, 6) is 0. The summed E-state index contributed by atoms with van der Waals surface area (Å²) in [7, 11) is 0. The summed E-state index contributed by atoms with van der Waals surface area (Å²) in [6.07, 6.45) is -5.74. The van der Waals surface area contributed by atoms with Crippen LogP contribution in [-0.2, 0) is 4.74 Å². The normalized spacial score (nSPS) is 31.6. The van der Waals surface area contributed by atoms with E-state index >= 15 is 0 Å². The molecule has 1 aliphatic heterocycles. The first-order chi connectivity index (χ1) is 6.37. The summed E-state index contributed by atoms with van der Waals surface area (Å²) in [5, 5.41) is 8.67. The molecule has 7 heteroatoms. The highest BCUT2D eigenvalue weighted by molar-refractivity contribution is 5.65. The second-order valence-electron chi connectivity index (χ2n) is 3.17. The molecule has 3 N–H and O–H groups in total. The maximum Gasteiger partial charge on any atom is 0.407 e. The van der Waals surface area contributed by atoms with Crippen molar-refractivity contribution in [2.75, 3.05) is 13.1 Å². The monoisotopic (exact) mass is 210 g/mol. The molecular weight excluding hydrogens is 198 g/mol. The Hall–Kier alpha value is -0.950. The average molecular weight is 210 g/mol. The molecule has 2 unspecified atom stereocenters. The molecule has 0 spiro atoms. The van der Waals surface area contributed by atoms with Gasteiger partial charge >= 0.3 is 12.2 Å². The summed E-state index contributed by atoms with van der Waals surface area (Å²) in [6.45, 7) is 0.374. The van der Waals surface area contributed by atoms with E-state index in [4.69, 9.17) is 10.8 Å². The number of morpholine rings is 1. The van der Waals surface area contributed by atoms with E-state index in [1.807, 2.05) is 0 Å². The molecule has 2 atom stereocenters. The van der Waals surface area contributed by atoms with Gasteiger partial charge in [0.2, 0.25) is 0 Å². The smallest absolute Gasteiger partial charge is 0.407 e. The third-order valence-corrected chi connectivity index (χ3v) is 2.14. The van der Waals surface area contributed by atoms with Crippen LogP contribution >= 0.6 is 0 Å². The minimum atomic E-state index is -3.43. The van der Waals surface area contributed by atoms with Gasteiger partial charge < -0.3 is 15.6 Å². The first-order valence-corrected chi connectivity index (χ1v) is 4.12. The molecule has 0 aliphatic carbocycles. The number of nitrogens with two attached hydrogens (primary N) is 1. The highest BCUT2D eigenvalue weighted by atomic mass is 19.3.